The van der Waals surface area contributed by atoms with Gasteiger partial charge < -0.3 is 5.73 Å². The second-order valence-corrected chi connectivity index (χ2v) is 4.00. The van der Waals surface area contributed by atoms with Gasteiger partial charge in [-0.25, -0.2) is 4.39 Å². The number of nitrogens with two attached hydrogens (primary N) is 1. The molecule has 2 N–H and O–H groups in total. The number of rotatable bonds is 2. The summed E-state index contributed by atoms with van der Waals surface area (Å²) in [6.07, 6.45) is 2.30. The van der Waals surface area contributed by atoms with Gasteiger partial charge in [0, 0.05) is 11.1 Å². The molecule has 0 bridgehead atoms. The van der Waals surface area contributed by atoms with Gasteiger partial charge in [-0.2, -0.15) is 0 Å². The molecule has 1 aromatic carbocycles. The van der Waals surface area contributed by atoms with Gasteiger partial charge >= 0.3 is 0 Å². The third kappa shape index (κ3) is 2.01. The molecule has 2 rings (SSSR count). The maximum absolute atomic E-state index is 12.9. The number of hydrogen-bond donors (Lipinski definition) is 1. The highest BCUT2D eigenvalue weighted by Gasteiger charge is 2.29. The quantitative estimate of drug-likeness (QED) is 0.779. The lowest BCUT2D eigenvalue weighted by molar-refractivity contribution is 0.602. The van der Waals surface area contributed by atoms with Crippen molar-refractivity contribution >= 4 is 11.6 Å². The summed E-state index contributed by atoms with van der Waals surface area (Å²) in [7, 11) is 0. The predicted molar refractivity (Wildman–Crippen MR) is 51.1 cm³/mol. The van der Waals surface area contributed by atoms with Crippen molar-refractivity contribution in [3.8, 4) is 0 Å². The van der Waals surface area contributed by atoms with E-state index in [0.29, 0.717) is 10.9 Å². The first-order valence-corrected chi connectivity index (χ1v) is 4.76. The Bertz CT molecular complexity index is 302. The summed E-state index contributed by atoms with van der Waals surface area (Å²) < 4.78 is 12.9. The highest BCUT2D eigenvalue weighted by molar-refractivity contribution is 6.30. The third-order valence-corrected chi connectivity index (χ3v) is 2.62. The van der Waals surface area contributed by atoms with E-state index in [0.717, 1.165) is 18.4 Å². The van der Waals surface area contributed by atoms with Crippen molar-refractivity contribution in [1.82, 2.24) is 0 Å². The van der Waals surface area contributed by atoms with E-state index in [1.807, 2.05) is 0 Å². The zero-order valence-electron chi connectivity index (χ0n) is 7.13. The predicted octanol–water partition coefficient (Wildman–Crippen LogP) is 2.89. The van der Waals surface area contributed by atoms with Crippen LogP contribution in [-0.2, 0) is 0 Å². The van der Waals surface area contributed by atoms with E-state index < -0.39 is 0 Å². The van der Waals surface area contributed by atoms with Gasteiger partial charge in [0.15, 0.2) is 0 Å². The molecule has 13 heavy (non-hydrogen) atoms. The van der Waals surface area contributed by atoms with Crippen molar-refractivity contribution in [2.45, 2.75) is 18.9 Å². The van der Waals surface area contributed by atoms with E-state index in [2.05, 4.69) is 0 Å². The zero-order chi connectivity index (χ0) is 9.42. The Morgan fingerprint density at radius 1 is 1.38 bits per heavy atom. The van der Waals surface area contributed by atoms with Crippen LogP contribution in [0.1, 0.15) is 24.4 Å². The first kappa shape index (κ1) is 8.97. The van der Waals surface area contributed by atoms with Crippen molar-refractivity contribution < 1.29 is 4.39 Å². The van der Waals surface area contributed by atoms with Gasteiger partial charge in [-0.1, -0.05) is 11.6 Å². The van der Waals surface area contributed by atoms with Crippen molar-refractivity contribution in [3.05, 3.63) is 34.6 Å². The molecule has 3 heteroatoms. The third-order valence-electron chi connectivity index (χ3n) is 2.40. The van der Waals surface area contributed by atoms with Crippen LogP contribution in [0.3, 0.4) is 0 Å². The molecule has 0 heterocycles. The largest absolute Gasteiger partial charge is 0.324 e. The minimum Gasteiger partial charge on any atom is -0.324 e. The molecule has 0 saturated heterocycles. The Hall–Kier alpha value is -0.600. The first-order valence-electron chi connectivity index (χ1n) is 4.38. The SMILES string of the molecule is N[C@@H](c1cc(F)cc(Cl)c1)C1CC1. The van der Waals surface area contributed by atoms with Crippen molar-refractivity contribution in [1.29, 1.82) is 0 Å². The average Bonchev–Trinajstić information content (AvgIpc) is 2.83. The molecule has 0 spiro atoms. The molecule has 0 unspecified atom stereocenters. The Morgan fingerprint density at radius 2 is 2.08 bits per heavy atom. The lowest BCUT2D eigenvalue weighted by Gasteiger charge is -2.10. The van der Waals surface area contributed by atoms with Crippen LogP contribution in [0.2, 0.25) is 5.02 Å². The lowest BCUT2D eigenvalue weighted by Crippen LogP contribution is -2.12. The minimum absolute atomic E-state index is 0.0480. The minimum atomic E-state index is -0.307. The van der Waals surface area contributed by atoms with E-state index in [4.69, 9.17) is 17.3 Å². The Balaban J connectivity index is 2.27. The number of hydrogen-bond acceptors (Lipinski definition) is 1. The molecule has 1 fully saturated rings. The van der Waals surface area contributed by atoms with Crippen LogP contribution in [0.4, 0.5) is 4.39 Å². The van der Waals surface area contributed by atoms with Gasteiger partial charge in [0.1, 0.15) is 5.82 Å². The van der Waals surface area contributed by atoms with E-state index in [1.54, 1.807) is 6.07 Å². The Kier molecular flexibility index (Phi) is 2.26. The number of halogens is 2. The summed E-state index contributed by atoms with van der Waals surface area (Å²) in [6.45, 7) is 0. The van der Waals surface area contributed by atoms with Crippen LogP contribution in [0.15, 0.2) is 18.2 Å². The summed E-state index contributed by atoms with van der Waals surface area (Å²) >= 11 is 5.72. The average molecular weight is 200 g/mol. The van der Waals surface area contributed by atoms with Gasteiger partial charge in [-0.15, -0.1) is 0 Å². The second-order valence-electron chi connectivity index (χ2n) is 3.57. The normalized spacial score (nSPS) is 18.7. The van der Waals surface area contributed by atoms with Crippen molar-refractivity contribution in [2.24, 2.45) is 11.7 Å². The van der Waals surface area contributed by atoms with Crippen LogP contribution < -0.4 is 5.73 Å². The fourth-order valence-electron chi connectivity index (χ4n) is 1.50. The van der Waals surface area contributed by atoms with Crippen molar-refractivity contribution in [2.75, 3.05) is 0 Å². The van der Waals surface area contributed by atoms with E-state index in [9.17, 15) is 4.39 Å². The Labute approximate surface area is 81.7 Å². The topological polar surface area (TPSA) is 26.0 Å². The van der Waals surface area contributed by atoms with Gasteiger partial charge in [-0.3, -0.25) is 0 Å². The molecule has 1 aromatic rings. The maximum Gasteiger partial charge on any atom is 0.125 e. The number of benzene rings is 1. The van der Waals surface area contributed by atoms with Crippen LogP contribution in [-0.4, -0.2) is 0 Å². The summed E-state index contributed by atoms with van der Waals surface area (Å²) in [5.41, 5.74) is 6.73. The van der Waals surface area contributed by atoms with Gasteiger partial charge in [0.2, 0.25) is 0 Å². The smallest absolute Gasteiger partial charge is 0.125 e. The molecule has 1 atom stereocenters. The molecular weight excluding hydrogens is 189 g/mol. The summed E-state index contributed by atoms with van der Waals surface area (Å²) in [4.78, 5) is 0. The lowest BCUT2D eigenvalue weighted by atomic mass is 10.0. The molecule has 1 aliphatic carbocycles. The molecule has 0 amide bonds. The monoisotopic (exact) mass is 199 g/mol. The Morgan fingerprint density at radius 3 is 2.62 bits per heavy atom. The summed E-state index contributed by atoms with van der Waals surface area (Å²) in [6, 6.07) is 4.46. The van der Waals surface area contributed by atoms with Crippen LogP contribution in [0.5, 0.6) is 0 Å². The second kappa shape index (κ2) is 3.28. The summed E-state index contributed by atoms with van der Waals surface area (Å²) in [5.74, 6) is 0.219. The van der Waals surface area contributed by atoms with E-state index >= 15 is 0 Å². The summed E-state index contributed by atoms with van der Waals surface area (Å²) in [5, 5.41) is 0.422. The van der Waals surface area contributed by atoms with Gasteiger partial charge in [-0.05, 0) is 42.5 Å². The molecule has 0 aromatic heterocycles. The first-order chi connectivity index (χ1) is 6.16. The highest BCUT2D eigenvalue weighted by atomic mass is 35.5. The fraction of sp³-hybridized carbons (Fsp3) is 0.400. The molecule has 70 valence electrons. The highest BCUT2D eigenvalue weighted by Crippen LogP contribution is 2.39. The fourth-order valence-corrected chi connectivity index (χ4v) is 1.73. The molecular formula is C10H11ClFN. The standard InChI is InChI=1S/C10H11ClFN/c11-8-3-7(4-9(12)5-8)10(13)6-1-2-6/h3-6,10H,1-2,13H2/t10-/m1/s1. The van der Waals surface area contributed by atoms with Crippen LogP contribution >= 0.6 is 11.6 Å². The van der Waals surface area contributed by atoms with Gasteiger partial charge in [0.05, 0.1) is 0 Å². The van der Waals surface area contributed by atoms with E-state index in [-0.39, 0.29) is 11.9 Å². The van der Waals surface area contributed by atoms with E-state index in [1.165, 1.54) is 12.1 Å². The molecule has 1 nitrogen and oxygen atoms in total. The van der Waals surface area contributed by atoms with Crippen LogP contribution in [0, 0.1) is 11.7 Å². The molecule has 0 aliphatic heterocycles. The van der Waals surface area contributed by atoms with Crippen LogP contribution in [0.25, 0.3) is 0 Å². The maximum atomic E-state index is 12.9. The molecule has 0 radical (unpaired) electrons. The van der Waals surface area contributed by atoms with Gasteiger partial charge in [0.25, 0.3) is 0 Å². The van der Waals surface area contributed by atoms with Crippen molar-refractivity contribution in [3.63, 3.8) is 0 Å². The molecule has 1 saturated carbocycles. The molecule has 1 aliphatic rings. The zero-order valence-corrected chi connectivity index (χ0v) is 7.89.